The number of hydrogen-bond donors (Lipinski definition) is 2. The van der Waals surface area contributed by atoms with E-state index in [0.717, 1.165) is 43.6 Å². The number of rotatable bonds is 6. The smallest absolute Gasteiger partial charge is 0.133 e. The zero-order valence-corrected chi connectivity index (χ0v) is 18.8. The lowest BCUT2D eigenvalue weighted by molar-refractivity contribution is -0.315. The number of nitrogen functional groups attached to an aromatic ring is 1. The second-order valence-electron chi connectivity index (χ2n) is 8.49. The SMILES string of the molecule is Nc1cc(F)ccc1C1(CCCN2CCC(O)(c3ccc(Cl)c(Cl)c3)CC2)CCOO1. The molecule has 5 nitrogen and oxygen atoms in total. The van der Waals surface area contributed by atoms with Gasteiger partial charge in [0.1, 0.15) is 11.4 Å². The topological polar surface area (TPSA) is 68.0 Å². The second-order valence-corrected chi connectivity index (χ2v) is 9.30. The number of nitrogens with two attached hydrogens (primary N) is 1. The molecular weight excluding hydrogens is 442 g/mol. The maximum absolute atomic E-state index is 13.5. The predicted octanol–water partition coefficient (Wildman–Crippen LogP) is 5.03. The molecule has 0 aromatic heterocycles. The lowest BCUT2D eigenvalue weighted by atomic mass is 9.83. The number of likely N-dealkylation sites (tertiary alicyclic amines) is 1. The first-order valence-corrected chi connectivity index (χ1v) is 11.3. The molecule has 2 aromatic carbocycles. The van der Waals surface area contributed by atoms with Crippen LogP contribution < -0.4 is 5.73 Å². The van der Waals surface area contributed by atoms with E-state index in [1.165, 1.54) is 12.1 Å². The summed E-state index contributed by atoms with van der Waals surface area (Å²) in [4.78, 5) is 13.2. The fourth-order valence-electron chi connectivity index (χ4n) is 4.64. The number of halogens is 3. The van der Waals surface area contributed by atoms with Crippen LogP contribution in [0.1, 0.15) is 43.2 Å². The van der Waals surface area contributed by atoms with Gasteiger partial charge >= 0.3 is 0 Å². The third kappa shape index (κ3) is 4.85. The highest BCUT2D eigenvalue weighted by atomic mass is 35.5. The zero-order chi connectivity index (χ0) is 22.1. The molecule has 31 heavy (non-hydrogen) atoms. The van der Waals surface area contributed by atoms with Gasteiger partial charge in [-0.05, 0) is 62.1 Å². The van der Waals surface area contributed by atoms with Crippen LogP contribution in [0, 0.1) is 5.82 Å². The molecule has 0 aliphatic carbocycles. The van der Waals surface area contributed by atoms with E-state index < -0.39 is 11.2 Å². The van der Waals surface area contributed by atoms with Gasteiger partial charge in [0.25, 0.3) is 0 Å². The summed E-state index contributed by atoms with van der Waals surface area (Å²) in [5, 5.41) is 12.1. The van der Waals surface area contributed by atoms with Gasteiger partial charge in [0, 0.05) is 30.8 Å². The van der Waals surface area contributed by atoms with Gasteiger partial charge in [0.05, 0.1) is 22.3 Å². The average Bonchev–Trinajstić information content (AvgIpc) is 3.21. The number of aliphatic hydroxyl groups is 1. The summed E-state index contributed by atoms with van der Waals surface area (Å²) in [6, 6.07) is 9.76. The highest BCUT2D eigenvalue weighted by Gasteiger charge is 2.41. The van der Waals surface area contributed by atoms with Gasteiger partial charge in [-0.1, -0.05) is 35.3 Å². The van der Waals surface area contributed by atoms with Gasteiger partial charge in [-0.15, -0.1) is 0 Å². The molecule has 0 amide bonds. The Kier molecular flexibility index (Phi) is 6.77. The van der Waals surface area contributed by atoms with Crippen molar-refractivity contribution in [2.75, 3.05) is 32.0 Å². The van der Waals surface area contributed by atoms with E-state index in [1.54, 1.807) is 18.2 Å². The molecular formula is C23H27Cl2FN2O3. The molecule has 168 valence electrons. The van der Waals surface area contributed by atoms with Crippen LogP contribution in [-0.4, -0.2) is 36.2 Å². The van der Waals surface area contributed by atoms with E-state index in [1.807, 2.05) is 6.07 Å². The number of nitrogens with zero attached hydrogens (tertiary/aromatic N) is 1. The van der Waals surface area contributed by atoms with E-state index in [0.29, 0.717) is 41.6 Å². The van der Waals surface area contributed by atoms with Gasteiger partial charge in [-0.25, -0.2) is 14.2 Å². The van der Waals surface area contributed by atoms with Gasteiger partial charge in [0.2, 0.25) is 0 Å². The molecule has 2 saturated heterocycles. The molecule has 0 radical (unpaired) electrons. The molecule has 3 N–H and O–H groups in total. The number of piperidine rings is 1. The zero-order valence-electron chi connectivity index (χ0n) is 17.3. The van der Waals surface area contributed by atoms with Crippen molar-refractivity contribution in [1.29, 1.82) is 0 Å². The first-order valence-electron chi connectivity index (χ1n) is 10.6. The molecule has 2 aliphatic rings. The number of hydrogen-bond acceptors (Lipinski definition) is 5. The largest absolute Gasteiger partial charge is 0.398 e. The van der Waals surface area contributed by atoms with Gasteiger partial charge in [0.15, 0.2) is 0 Å². The summed E-state index contributed by atoms with van der Waals surface area (Å²) in [6.07, 6.45) is 3.52. The second kappa shape index (κ2) is 9.22. The molecule has 1 atom stereocenters. The Balaban J connectivity index is 1.34. The molecule has 2 fully saturated rings. The van der Waals surface area contributed by atoms with Crippen molar-refractivity contribution < 1.29 is 19.3 Å². The molecule has 0 saturated carbocycles. The van der Waals surface area contributed by atoms with Crippen LogP contribution in [0.5, 0.6) is 0 Å². The maximum Gasteiger partial charge on any atom is 0.133 e. The van der Waals surface area contributed by atoms with E-state index in [9.17, 15) is 9.50 Å². The standard InChI is InChI=1S/C23H27Cl2FN2O3/c24-19-5-2-16(14-20(19)25)22(29)7-11-28(12-8-22)10-1-6-23(9-13-30-31-23)18-4-3-17(26)15-21(18)27/h2-5,14-15,29H,1,6-13,27H2. The van der Waals surface area contributed by atoms with Crippen molar-refractivity contribution in [3.8, 4) is 0 Å². The van der Waals surface area contributed by atoms with Gasteiger partial charge in [-0.3, -0.25) is 0 Å². The van der Waals surface area contributed by atoms with E-state index in [-0.39, 0.29) is 5.82 Å². The molecule has 2 aliphatic heterocycles. The molecule has 4 rings (SSSR count). The van der Waals surface area contributed by atoms with Crippen LogP contribution in [0.3, 0.4) is 0 Å². The molecule has 1 unspecified atom stereocenters. The maximum atomic E-state index is 13.5. The lowest BCUT2D eigenvalue weighted by Crippen LogP contribution is -2.43. The summed E-state index contributed by atoms with van der Waals surface area (Å²) >= 11 is 12.1. The summed E-state index contributed by atoms with van der Waals surface area (Å²) in [7, 11) is 0. The van der Waals surface area contributed by atoms with Crippen LogP contribution >= 0.6 is 23.2 Å². The Labute approximate surface area is 191 Å². The van der Waals surface area contributed by atoms with E-state index in [4.69, 9.17) is 38.7 Å². The molecule has 2 heterocycles. The fourth-order valence-corrected chi connectivity index (χ4v) is 4.94. The third-order valence-electron chi connectivity index (χ3n) is 6.51. The first kappa shape index (κ1) is 22.8. The Hall–Kier alpha value is -1.41. The van der Waals surface area contributed by atoms with Crippen LogP contribution in [0.15, 0.2) is 36.4 Å². The normalized spacial score (nSPS) is 23.9. The Morgan fingerprint density at radius 3 is 2.48 bits per heavy atom. The van der Waals surface area contributed by atoms with E-state index in [2.05, 4.69) is 4.90 Å². The minimum Gasteiger partial charge on any atom is -0.398 e. The average molecular weight is 469 g/mol. The quantitative estimate of drug-likeness (QED) is 0.459. The third-order valence-corrected chi connectivity index (χ3v) is 7.25. The highest BCUT2D eigenvalue weighted by Crippen LogP contribution is 2.42. The monoisotopic (exact) mass is 468 g/mol. The van der Waals surface area contributed by atoms with E-state index >= 15 is 0 Å². The molecule has 8 heteroatoms. The minimum atomic E-state index is -0.892. The summed E-state index contributed by atoms with van der Waals surface area (Å²) in [5.74, 6) is -0.363. The van der Waals surface area contributed by atoms with Crippen LogP contribution in [0.4, 0.5) is 10.1 Å². The fraction of sp³-hybridized carbons (Fsp3) is 0.478. The van der Waals surface area contributed by atoms with Crippen molar-refractivity contribution in [2.24, 2.45) is 0 Å². The lowest BCUT2D eigenvalue weighted by Gasteiger charge is -2.39. The predicted molar refractivity (Wildman–Crippen MR) is 119 cm³/mol. The first-order chi connectivity index (χ1) is 14.8. The van der Waals surface area contributed by atoms with Gasteiger partial charge in [-0.2, -0.15) is 0 Å². The summed E-state index contributed by atoms with van der Waals surface area (Å²) < 4.78 is 13.5. The highest BCUT2D eigenvalue weighted by molar-refractivity contribution is 6.42. The minimum absolute atomic E-state index is 0.363. The Morgan fingerprint density at radius 1 is 1.06 bits per heavy atom. The van der Waals surface area contributed by atoms with Crippen LogP contribution in [0.25, 0.3) is 0 Å². The Morgan fingerprint density at radius 2 is 1.84 bits per heavy atom. The molecule has 0 spiro atoms. The molecule has 0 bridgehead atoms. The van der Waals surface area contributed by atoms with Crippen molar-refractivity contribution in [1.82, 2.24) is 4.90 Å². The number of anilines is 1. The van der Waals surface area contributed by atoms with Crippen molar-refractivity contribution in [2.45, 2.75) is 43.3 Å². The van der Waals surface area contributed by atoms with Gasteiger partial charge < -0.3 is 15.7 Å². The van der Waals surface area contributed by atoms with Crippen molar-refractivity contribution in [3.63, 3.8) is 0 Å². The molecule has 2 aromatic rings. The number of benzene rings is 2. The van der Waals surface area contributed by atoms with Crippen molar-refractivity contribution >= 4 is 28.9 Å². The summed E-state index contributed by atoms with van der Waals surface area (Å²) in [6.45, 7) is 2.90. The van der Waals surface area contributed by atoms with Crippen LogP contribution in [0.2, 0.25) is 10.0 Å². The Bertz CT molecular complexity index is 929. The van der Waals surface area contributed by atoms with Crippen LogP contribution in [-0.2, 0) is 21.0 Å². The summed E-state index contributed by atoms with van der Waals surface area (Å²) in [5.41, 5.74) is 6.51. The van der Waals surface area contributed by atoms with Crippen molar-refractivity contribution in [3.05, 3.63) is 63.4 Å².